The van der Waals surface area contributed by atoms with Crippen LogP contribution < -0.4 is 9.64 Å². The smallest absolute Gasteiger partial charge is 0.260 e. The van der Waals surface area contributed by atoms with E-state index in [2.05, 4.69) is 4.98 Å². The molecule has 0 bridgehead atoms. The Morgan fingerprint density at radius 3 is 2.46 bits per heavy atom. The first kappa shape index (κ1) is 20.6. The number of hydrogen-bond donors (Lipinski definition) is 0. The van der Waals surface area contributed by atoms with Crippen molar-refractivity contribution in [2.24, 2.45) is 0 Å². The third kappa shape index (κ3) is 4.82. The van der Waals surface area contributed by atoms with Crippen LogP contribution in [0.15, 0.2) is 42.5 Å². The van der Waals surface area contributed by atoms with Crippen LogP contribution in [0.4, 0.5) is 5.13 Å². The number of hydrogen-bond acceptors (Lipinski definition) is 5. The first-order chi connectivity index (χ1) is 13.3. The summed E-state index contributed by atoms with van der Waals surface area (Å²) in [5, 5.41) is 1.24. The highest BCUT2D eigenvalue weighted by Crippen LogP contribution is 2.33. The van der Waals surface area contributed by atoms with Crippen molar-refractivity contribution in [3.8, 4) is 5.75 Å². The molecule has 0 aliphatic rings. The molecule has 0 fully saturated rings. The molecule has 7 heteroatoms. The van der Waals surface area contributed by atoms with E-state index in [1.165, 1.54) is 11.3 Å². The third-order valence-electron chi connectivity index (χ3n) is 4.08. The standard InChI is InChI=1S/C21H24ClN3O2S/c1-14(2)27-16-10-8-15(9-11-16)20(26)25(13-12-24(3)4)21-23-19-17(22)6-5-7-18(19)28-21/h5-11,14H,12-13H2,1-4H3. The van der Waals surface area contributed by atoms with E-state index < -0.39 is 0 Å². The number of ether oxygens (including phenoxy) is 1. The van der Waals surface area contributed by atoms with Gasteiger partial charge < -0.3 is 9.64 Å². The fourth-order valence-corrected chi connectivity index (χ4v) is 4.00. The quantitative estimate of drug-likeness (QED) is 0.546. The molecular formula is C21H24ClN3O2S. The Morgan fingerprint density at radius 2 is 1.86 bits per heavy atom. The number of halogens is 1. The molecule has 0 atom stereocenters. The number of aromatic nitrogens is 1. The van der Waals surface area contributed by atoms with Crippen LogP contribution in [0.25, 0.3) is 10.2 Å². The van der Waals surface area contributed by atoms with Crippen LogP contribution in [-0.2, 0) is 0 Å². The Labute approximate surface area is 174 Å². The van der Waals surface area contributed by atoms with Gasteiger partial charge in [0, 0.05) is 18.7 Å². The summed E-state index contributed by atoms with van der Waals surface area (Å²) >= 11 is 7.75. The topological polar surface area (TPSA) is 45.7 Å². The molecule has 28 heavy (non-hydrogen) atoms. The zero-order valence-electron chi connectivity index (χ0n) is 16.5. The largest absolute Gasteiger partial charge is 0.491 e. The van der Waals surface area contributed by atoms with Gasteiger partial charge in [-0.2, -0.15) is 0 Å². The SMILES string of the molecule is CC(C)Oc1ccc(C(=O)N(CCN(C)C)c2nc3c(Cl)cccc3s2)cc1. The average molecular weight is 418 g/mol. The molecule has 0 N–H and O–H groups in total. The van der Waals surface area contributed by atoms with E-state index >= 15 is 0 Å². The van der Waals surface area contributed by atoms with Crippen molar-refractivity contribution in [2.45, 2.75) is 20.0 Å². The average Bonchev–Trinajstić information content (AvgIpc) is 3.07. The number of amides is 1. The van der Waals surface area contributed by atoms with Crippen molar-refractivity contribution >= 4 is 44.2 Å². The van der Waals surface area contributed by atoms with Crippen molar-refractivity contribution in [3.63, 3.8) is 0 Å². The maximum Gasteiger partial charge on any atom is 0.260 e. The van der Waals surface area contributed by atoms with E-state index in [-0.39, 0.29) is 12.0 Å². The Kier molecular flexibility index (Phi) is 6.54. The van der Waals surface area contributed by atoms with E-state index in [1.54, 1.807) is 17.0 Å². The van der Waals surface area contributed by atoms with E-state index in [0.717, 1.165) is 22.5 Å². The van der Waals surface area contributed by atoms with Gasteiger partial charge in [-0.3, -0.25) is 9.69 Å². The molecule has 0 radical (unpaired) electrons. The summed E-state index contributed by atoms with van der Waals surface area (Å²) in [5.41, 5.74) is 1.33. The molecule has 2 aromatic carbocycles. The lowest BCUT2D eigenvalue weighted by molar-refractivity contribution is 0.0985. The van der Waals surface area contributed by atoms with Gasteiger partial charge in [0.2, 0.25) is 0 Å². The number of carbonyl (C=O) groups excluding carboxylic acids is 1. The summed E-state index contributed by atoms with van der Waals surface area (Å²) in [6.45, 7) is 5.21. The van der Waals surface area contributed by atoms with Crippen LogP contribution in [0.1, 0.15) is 24.2 Å². The van der Waals surface area contributed by atoms with Crippen molar-refractivity contribution in [1.29, 1.82) is 0 Å². The molecule has 148 valence electrons. The Morgan fingerprint density at radius 1 is 1.14 bits per heavy atom. The normalized spacial score (nSPS) is 11.4. The van der Waals surface area contributed by atoms with E-state index in [9.17, 15) is 4.79 Å². The van der Waals surface area contributed by atoms with Gasteiger partial charge in [0.1, 0.15) is 11.3 Å². The monoisotopic (exact) mass is 417 g/mol. The molecule has 0 aliphatic carbocycles. The van der Waals surface area contributed by atoms with Crippen LogP contribution in [0.3, 0.4) is 0 Å². The minimum absolute atomic E-state index is 0.0886. The summed E-state index contributed by atoms with van der Waals surface area (Å²) in [6.07, 6.45) is 0.0886. The summed E-state index contributed by atoms with van der Waals surface area (Å²) in [5.74, 6) is 0.659. The van der Waals surface area contributed by atoms with Crippen LogP contribution in [-0.4, -0.2) is 49.1 Å². The number of anilines is 1. The summed E-state index contributed by atoms with van der Waals surface area (Å²) in [6, 6.07) is 12.9. The summed E-state index contributed by atoms with van der Waals surface area (Å²) < 4.78 is 6.63. The van der Waals surface area contributed by atoms with Gasteiger partial charge in [-0.05, 0) is 64.3 Å². The van der Waals surface area contributed by atoms with Gasteiger partial charge in [0.25, 0.3) is 5.91 Å². The molecule has 1 amide bonds. The van der Waals surface area contributed by atoms with Crippen LogP contribution in [0, 0.1) is 0 Å². The van der Waals surface area contributed by atoms with Gasteiger partial charge in [-0.15, -0.1) is 0 Å². The van der Waals surface area contributed by atoms with E-state index in [0.29, 0.717) is 22.3 Å². The maximum atomic E-state index is 13.3. The lowest BCUT2D eigenvalue weighted by Crippen LogP contribution is -2.36. The molecule has 1 heterocycles. The van der Waals surface area contributed by atoms with Gasteiger partial charge in [-0.1, -0.05) is 29.0 Å². The maximum absolute atomic E-state index is 13.3. The molecule has 0 saturated carbocycles. The van der Waals surface area contributed by atoms with E-state index in [4.69, 9.17) is 16.3 Å². The Bertz CT molecular complexity index is 954. The molecule has 1 aromatic heterocycles. The van der Waals surface area contributed by atoms with E-state index in [1.807, 2.05) is 63.2 Å². The molecule has 3 aromatic rings. The molecule has 0 spiro atoms. The van der Waals surface area contributed by atoms with Gasteiger partial charge in [0.05, 0.1) is 15.8 Å². The van der Waals surface area contributed by atoms with Crippen molar-refractivity contribution < 1.29 is 9.53 Å². The number of fused-ring (bicyclic) bond motifs is 1. The molecular weight excluding hydrogens is 394 g/mol. The number of thiazole rings is 1. The fraction of sp³-hybridized carbons (Fsp3) is 0.333. The highest BCUT2D eigenvalue weighted by Gasteiger charge is 2.22. The number of benzene rings is 2. The number of rotatable bonds is 7. The Balaban J connectivity index is 1.92. The predicted octanol–water partition coefficient (Wildman–Crippen LogP) is 4.95. The second kappa shape index (κ2) is 8.90. The van der Waals surface area contributed by atoms with Crippen LogP contribution in [0.2, 0.25) is 5.02 Å². The summed E-state index contributed by atoms with van der Waals surface area (Å²) in [7, 11) is 3.96. The van der Waals surface area contributed by atoms with Gasteiger partial charge in [-0.25, -0.2) is 4.98 Å². The lowest BCUT2D eigenvalue weighted by Gasteiger charge is -2.22. The molecule has 3 rings (SSSR count). The molecule has 0 aliphatic heterocycles. The van der Waals surface area contributed by atoms with Gasteiger partial charge in [0.15, 0.2) is 5.13 Å². The fourth-order valence-electron chi connectivity index (χ4n) is 2.71. The minimum atomic E-state index is -0.0897. The first-order valence-corrected chi connectivity index (χ1v) is 10.3. The molecule has 0 saturated heterocycles. The molecule has 0 unspecified atom stereocenters. The summed E-state index contributed by atoms with van der Waals surface area (Å²) in [4.78, 5) is 21.7. The third-order valence-corrected chi connectivity index (χ3v) is 5.43. The molecule has 5 nitrogen and oxygen atoms in total. The first-order valence-electron chi connectivity index (χ1n) is 9.13. The Hall–Kier alpha value is -2.15. The number of para-hydroxylation sites is 1. The lowest BCUT2D eigenvalue weighted by atomic mass is 10.2. The zero-order valence-corrected chi connectivity index (χ0v) is 18.0. The highest BCUT2D eigenvalue weighted by molar-refractivity contribution is 7.22. The number of nitrogens with zero attached hydrogens (tertiary/aromatic N) is 3. The zero-order chi connectivity index (χ0) is 20.3. The number of carbonyl (C=O) groups is 1. The highest BCUT2D eigenvalue weighted by atomic mass is 35.5. The van der Waals surface area contributed by atoms with Crippen LogP contribution >= 0.6 is 22.9 Å². The second-order valence-electron chi connectivity index (χ2n) is 7.03. The predicted molar refractivity (Wildman–Crippen MR) is 117 cm³/mol. The van der Waals surface area contributed by atoms with Crippen molar-refractivity contribution in [1.82, 2.24) is 9.88 Å². The van der Waals surface area contributed by atoms with Crippen LogP contribution in [0.5, 0.6) is 5.75 Å². The van der Waals surface area contributed by atoms with Crippen molar-refractivity contribution in [2.75, 3.05) is 32.1 Å². The minimum Gasteiger partial charge on any atom is -0.491 e. The number of likely N-dealkylation sites (N-methyl/N-ethyl adjacent to an activating group) is 1. The van der Waals surface area contributed by atoms with Crippen molar-refractivity contribution in [3.05, 3.63) is 53.1 Å². The second-order valence-corrected chi connectivity index (χ2v) is 8.45. The van der Waals surface area contributed by atoms with Gasteiger partial charge >= 0.3 is 0 Å².